The van der Waals surface area contributed by atoms with E-state index >= 15 is 0 Å². The Hall–Kier alpha value is -4.58. The van der Waals surface area contributed by atoms with Gasteiger partial charge in [0.1, 0.15) is 28.8 Å². The van der Waals surface area contributed by atoms with E-state index in [9.17, 15) is 22.0 Å². The lowest BCUT2D eigenvalue weighted by Gasteiger charge is -2.17. The van der Waals surface area contributed by atoms with Gasteiger partial charge < -0.3 is 20.7 Å². The Labute approximate surface area is 258 Å². The maximum Gasteiger partial charge on any atom is 0.433 e. The van der Waals surface area contributed by atoms with E-state index in [-0.39, 0.29) is 30.2 Å². The van der Waals surface area contributed by atoms with Gasteiger partial charge >= 0.3 is 6.18 Å². The van der Waals surface area contributed by atoms with Crippen LogP contribution in [0.15, 0.2) is 82.3 Å². The lowest BCUT2D eigenvalue weighted by molar-refractivity contribution is -0.141. The second-order valence-corrected chi connectivity index (χ2v) is 10.4. The number of rotatable bonds is 12. The molecule has 0 unspecified atom stereocenters. The lowest BCUT2D eigenvalue weighted by Crippen LogP contribution is -2.45. The van der Waals surface area contributed by atoms with Gasteiger partial charge in [-0.25, -0.2) is 13.8 Å². The molecule has 0 aliphatic carbocycles. The van der Waals surface area contributed by atoms with Gasteiger partial charge in [-0.15, -0.1) is 0 Å². The van der Waals surface area contributed by atoms with Crippen LogP contribution >= 0.6 is 0 Å². The van der Waals surface area contributed by atoms with Gasteiger partial charge in [0.2, 0.25) is 5.71 Å². The Morgan fingerprint density at radius 1 is 1.04 bits per heavy atom. The number of pyridine rings is 1. The quantitative estimate of drug-likeness (QED) is 0.145. The lowest BCUT2D eigenvalue weighted by atomic mass is 10.0. The number of benzene rings is 2. The van der Waals surface area contributed by atoms with Crippen molar-refractivity contribution < 1.29 is 32.1 Å². The van der Waals surface area contributed by atoms with E-state index in [0.717, 1.165) is 35.5 Å². The maximum absolute atomic E-state index is 14.7. The Morgan fingerprint density at radius 2 is 1.76 bits per heavy atom. The second kappa shape index (κ2) is 14.5. The molecule has 5 N–H and O–H groups in total. The van der Waals surface area contributed by atoms with Crippen LogP contribution in [-0.2, 0) is 12.7 Å². The van der Waals surface area contributed by atoms with Gasteiger partial charge in [-0.1, -0.05) is 19.1 Å². The van der Waals surface area contributed by atoms with Crippen molar-refractivity contribution in [2.45, 2.75) is 46.8 Å². The Balaban J connectivity index is 1.60. The van der Waals surface area contributed by atoms with Crippen LogP contribution < -0.4 is 26.1 Å². The first-order valence-corrected chi connectivity index (χ1v) is 14.5. The number of nitrogens with two attached hydrogens (primary N) is 1. The molecular formula is C33H36F5N6O+. The third-order valence-corrected chi connectivity index (χ3v) is 7.31. The van der Waals surface area contributed by atoms with Crippen molar-refractivity contribution >= 4 is 22.8 Å². The number of halogens is 5. The van der Waals surface area contributed by atoms with Gasteiger partial charge in [0.25, 0.3) is 0 Å². The maximum atomic E-state index is 14.7. The van der Waals surface area contributed by atoms with Gasteiger partial charge in [-0.2, -0.15) is 13.2 Å². The summed E-state index contributed by atoms with van der Waals surface area (Å²) in [4.78, 5) is 8.28. The van der Waals surface area contributed by atoms with E-state index in [4.69, 9.17) is 15.1 Å². The van der Waals surface area contributed by atoms with Crippen LogP contribution in [0, 0.1) is 11.6 Å². The first-order valence-electron chi connectivity index (χ1n) is 14.5. The molecule has 1 aromatic heterocycles. The summed E-state index contributed by atoms with van der Waals surface area (Å²) in [5.74, 6) is -1.34. The smallest absolute Gasteiger partial charge is 0.433 e. The minimum atomic E-state index is -4.57. The minimum Gasteiger partial charge on any atom is -0.494 e. The predicted octanol–water partition coefficient (Wildman–Crippen LogP) is 6.05. The minimum absolute atomic E-state index is 0.116. The van der Waals surface area contributed by atoms with Crippen molar-refractivity contribution in [2.75, 3.05) is 30.3 Å². The SMILES string of the molecule is CCOc1cc(F)c(CNc2ccccc2C(=[NH2+])C(C)=NC2=C(C(Nc3ccnc(C(F)(F)F)c3)=C(C)CC)CNC2)c(F)c1. The largest absolute Gasteiger partial charge is 0.494 e. The molecule has 0 saturated heterocycles. The third-order valence-electron chi connectivity index (χ3n) is 7.31. The van der Waals surface area contributed by atoms with Gasteiger partial charge in [0.05, 0.1) is 17.9 Å². The van der Waals surface area contributed by atoms with E-state index in [1.165, 1.54) is 6.07 Å². The van der Waals surface area contributed by atoms with Crippen molar-refractivity contribution in [1.29, 1.82) is 0 Å². The summed E-state index contributed by atoms with van der Waals surface area (Å²) in [7, 11) is 0. The molecular weight excluding hydrogens is 591 g/mol. The van der Waals surface area contributed by atoms with Gasteiger partial charge in [-0.3, -0.25) is 10.4 Å². The number of nitrogens with zero attached hydrogens (tertiary/aromatic N) is 2. The van der Waals surface area contributed by atoms with Crippen LogP contribution in [0.1, 0.15) is 50.9 Å². The number of hydrogen-bond donors (Lipinski definition) is 4. The molecule has 0 amide bonds. The van der Waals surface area contributed by atoms with E-state index < -0.39 is 23.5 Å². The zero-order chi connectivity index (χ0) is 32.7. The number of aliphatic imine (C=N–C) groups is 1. The molecule has 0 bridgehead atoms. The molecule has 7 nitrogen and oxygen atoms in total. The van der Waals surface area contributed by atoms with Gasteiger partial charge in [0.15, 0.2) is 0 Å². The standard InChI is InChI=1S/C33H35F5N6O/c1-5-19(3)32(44-21-11-12-41-30(13-21)33(36,37)38)25-16-40-18-29(25)43-20(4)31(39)23-9-7-8-10-28(23)42-17-24-26(34)14-22(45-6-2)15-27(24)35/h7-15,39-40,42H,5-6,16-18H2,1-4H3,(H,41,44)/p+1. The molecule has 3 aromatic rings. The average Bonchev–Trinajstić information content (AvgIpc) is 3.46. The highest BCUT2D eigenvalue weighted by molar-refractivity contribution is 6.46. The summed E-state index contributed by atoms with van der Waals surface area (Å²) < 4.78 is 74.4. The fraction of sp³-hybridized carbons (Fsp3) is 0.303. The molecule has 1 aliphatic heterocycles. The molecule has 12 heteroatoms. The molecule has 2 aromatic carbocycles. The van der Waals surface area contributed by atoms with Crippen LogP contribution in [0.25, 0.3) is 0 Å². The number of allylic oxidation sites excluding steroid dienone is 1. The summed E-state index contributed by atoms with van der Waals surface area (Å²) in [5, 5.41) is 16.1. The number of hydrogen-bond acceptors (Lipinski definition) is 6. The van der Waals surface area contributed by atoms with E-state index in [0.29, 0.717) is 53.6 Å². The normalized spacial score (nSPS) is 14.4. The molecule has 45 heavy (non-hydrogen) atoms. The van der Waals surface area contributed by atoms with Crippen LogP contribution in [0.3, 0.4) is 0 Å². The number of nitrogens with one attached hydrogen (secondary N) is 3. The van der Waals surface area contributed by atoms with Crippen molar-refractivity contribution in [3.05, 3.63) is 106 Å². The molecule has 0 spiro atoms. The van der Waals surface area contributed by atoms with Crippen LogP contribution in [0.4, 0.5) is 33.3 Å². The second-order valence-electron chi connectivity index (χ2n) is 10.4. The average molecular weight is 628 g/mol. The van der Waals surface area contributed by atoms with Crippen molar-refractivity contribution in [1.82, 2.24) is 10.3 Å². The highest BCUT2D eigenvalue weighted by Gasteiger charge is 2.32. The summed E-state index contributed by atoms with van der Waals surface area (Å²) in [5.41, 5.74) is 4.21. The molecule has 0 radical (unpaired) electrons. The summed E-state index contributed by atoms with van der Waals surface area (Å²) in [6.07, 6.45) is -2.80. The molecule has 4 rings (SSSR count). The predicted molar refractivity (Wildman–Crippen MR) is 166 cm³/mol. The van der Waals surface area contributed by atoms with Crippen molar-refractivity contribution in [3.63, 3.8) is 0 Å². The first kappa shape index (κ1) is 33.3. The zero-order valence-corrected chi connectivity index (χ0v) is 25.5. The van der Waals surface area contributed by atoms with Crippen LogP contribution in [0.5, 0.6) is 5.75 Å². The number of anilines is 2. The Bertz CT molecular complexity index is 1640. The summed E-state index contributed by atoms with van der Waals surface area (Å²) in [6.45, 7) is 8.37. The topological polar surface area (TPSA) is 96.2 Å². The van der Waals surface area contributed by atoms with Crippen molar-refractivity contribution in [3.8, 4) is 5.75 Å². The number of ether oxygens (including phenoxy) is 1. The van der Waals surface area contributed by atoms with E-state index in [2.05, 4.69) is 20.9 Å². The Kier molecular flexibility index (Phi) is 10.7. The molecule has 0 fully saturated rings. The number of alkyl halides is 3. The fourth-order valence-electron chi connectivity index (χ4n) is 4.79. The summed E-state index contributed by atoms with van der Waals surface area (Å²) in [6, 6.07) is 11.8. The first-order chi connectivity index (χ1) is 21.4. The molecule has 238 valence electrons. The highest BCUT2D eigenvalue weighted by atomic mass is 19.4. The zero-order valence-electron chi connectivity index (χ0n) is 25.5. The van der Waals surface area contributed by atoms with Crippen molar-refractivity contribution in [2.24, 2.45) is 4.99 Å². The summed E-state index contributed by atoms with van der Waals surface area (Å²) >= 11 is 0. The van der Waals surface area contributed by atoms with E-state index in [1.807, 2.05) is 13.8 Å². The van der Waals surface area contributed by atoms with Gasteiger partial charge in [0, 0.05) is 66.2 Å². The van der Waals surface area contributed by atoms with Crippen LogP contribution in [-0.4, -0.2) is 36.1 Å². The fourth-order valence-corrected chi connectivity index (χ4v) is 4.79. The monoisotopic (exact) mass is 627 g/mol. The molecule has 0 atom stereocenters. The molecule has 1 aliphatic rings. The highest BCUT2D eigenvalue weighted by Crippen LogP contribution is 2.31. The molecule has 0 saturated carbocycles. The third kappa shape index (κ3) is 8.13. The van der Waals surface area contributed by atoms with E-state index in [1.54, 1.807) is 38.1 Å². The Morgan fingerprint density at radius 3 is 2.42 bits per heavy atom. The van der Waals surface area contributed by atoms with Gasteiger partial charge in [-0.05, 0) is 57.0 Å². The molecule has 2 heterocycles. The van der Waals surface area contributed by atoms with Crippen LogP contribution in [0.2, 0.25) is 0 Å². The number of para-hydroxylation sites is 1. The number of aromatic nitrogens is 1.